The third kappa shape index (κ3) is 2.82. The van der Waals surface area contributed by atoms with Gasteiger partial charge in [0, 0.05) is 18.3 Å². The second-order valence-electron chi connectivity index (χ2n) is 9.33. The van der Waals surface area contributed by atoms with Crippen LogP contribution < -0.4 is 0 Å². The molecule has 1 aromatic carbocycles. The van der Waals surface area contributed by atoms with Crippen LogP contribution in [0.4, 0.5) is 0 Å². The third-order valence-corrected chi connectivity index (χ3v) is 7.61. The van der Waals surface area contributed by atoms with Crippen molar-refractivity contribution in [3.8, 4) is 0 Å². The average molecular weight is 386 g/mol. The highest BCUT2D eigenvalue weighted by molar-refractivity contribution is 5.74. The van der Waals surface area contributed by atoms with E-state index in [0.717, 1.165) is 44.9 Å². The Bertz CT molecular complexity index is 736. The summed E-state index contributed by atoms with van der Waals surface area (Å²) in [5.74, 6) is -0.194. The number of aryl methyl sites for hydroxylation is 1. The van der Waals surface area contributed by atoms with Crippen LogP contribution in [-0.4, -0.2) is 23.6 Å². The topological polar surface area (TPSA) is 54.0 Å². The monoisotopic (exact) mass is 386 g/mol. The van der Waals surface area contributed by atoms with Crippen molar-refractivity contribution in [3.05, 3.63) is 35.9 Å². The number of esters is 1. The Morgan fingerprint density at radius 2 is 1.89 bits per heavy atom. The van der Waals surface area contributed by atoms with E-state index in [0.29, 0.717) is 11.8 Å². The van der Waals surface area contributed by atoms with Gasteiger partial charge in [0.2, 0.25) is 12.1 Å². The van der Waals surface area contributed by atoms with Crippen molar-refractivity contribution in [3.63, 3.8) is 0 Å². The van der Waals surface area contributed by atoms with Crippen LogP contribution in [0.2, 0.25) is 0 Å². The summed E-state index contributed by atoms with van der Waals surface area (Å²) in [5.41, 5.74) is 0.655. The molecule has 0 N–H and O–H groups in total. The molecule has 0 radical (unpaired) electrons. The predicted molar refractivity (Wildman–Crippen MR) is 102 cm³/mol. The number of benzene rings is 1. The number of rotatable bonds is 4. The van der Waals surface area contributed by atoms with E-state index >= 15 is 0 Å². The minimum absolute atomic E-state index is 0.0957. The lowest BCUT2D eigenvalue weighted by Crippen LogP contribution is -2.70. The number of carbonyl (C=O) groups is 1. The van der Waals surface area contributed by atoms with E-state index in [2.05, 4.69) is 31.2 Å². The normalized spacial score (nSPS) is 44.5. The van der Waals surface area contributed by atoms with E-state index in [9.17, 15) is 4.79 Å². The highest BCUT2D eigenvalue weighted by atomic mass is 17.3. The number of fused-ring (bicyclic) bond motifs is 2. The van der Waals surface area contributed by atoms with Crippen LogP contribution in [0.1, 0.15) is 57.9 Å². The highest BCUT2D eigenvalue weighted by Crippen LogP contribution is 2.60. The van der Waals surface area contributed by atoms with E-state index in [1.807, 2.05) is 13.0 Å². The molecule has 0 amide bonds. The van der Waals surface area contributed by atoms with Crippen LogP contribution in [-0.2, 0) is 30.5 Å². The van der Waals surface area contributed by atoms with Gasteiger partial charge >= 0.3 is 5.97 Å². The molecule has 4 heterocycles. The zero-order valence-corrected chi connectivity index (χ0v) is 16.8. The van der Waals surface area contributed by atoms with Gasteiger partial charge < -0.3 is 9.47 Å². The van der Waals surface area contributed by atoms with Crippen LogP contribution in [0, 0.1) is 23.7 Å². The summed E-state index contributed by atoms with van der Waals surface area (Å²) in [5, 5.41) is 0. The SMILES string of the molecule is C[C@@H]1CC[C@H]2[C@H](CCCc3ccccc3)C(=O)O[C@@H]3O[C@@]4(C)CC[C@@H]1[C@]32OO4. The lowest BCUT2D eigenvalue weighted by Gasteiger charge is -2.58. The van der Waals surface area contributed by atoms with Gasteiger partial charge in [-0.2, -0.15) is 0 Å². The van der Waals surface area contributed by atoms with E-state index in [-0.39, 0.29) is 17.8 Å². The zero-order valence-electron chi connectivity index (χ0n) is 16.8. The minimum atomic E-state index is -0.821. The lowest BCUT2D eigenvalue weighted by molar-refractivity contribution is -0.559. The second-order valence-corrected chi connectivity index (χ2v) is 9.33. The fourth-order valence-corrected chi connectivity index (χ4v) is 6.11. The molecule has 4 saturated heterocycles. The maximum absolute atomic E-state index is 13.0. The summed E-state index contributed by atoms with van der Waals surface area (Å²) >= 11 is 0. The molecule has 0 unspecified atom stereocenters. The molecule has 1 spiro atoms. The van der Waals surface area contributed by atoms with Crippen LogP contribution in [0.3, 0.4) is 0 Å². The number of hydrogen-bond acceptors (Lipinski definition) is 5. The van der Waals surface area contributed by atoms with E-state index in [1.165, 1.54) is 5.56 Å². The quantitative estimate of drug-likeness (QED) is 0.567. The fourth-order valence-electron chi connectivity index (χ4n) is 6.11. The first kappa shape index (κ1) is 18.6. The van der Waals surface area contributed by atoms with Crippen molar-refractivity contribution in [2.75, 3.05) is 0 Å². The predicted octanol–water partition coefficient (Wildman–Crippen LogP) is 4.40. The summed E-state index contributed by atoms with van der Waals surface area (Å²) in [6.45, 7) is 4.18. The first-order valence-corrected chi connectivity index (χ1v) is 10.8. The largest absolute Gasteiger partial charge is 0.432 e. The second kappa shape index (κ2) is 6.82. The van der Waals surface area contributed by atoms with Crippen molar-refractivity contribution in [1.82, 2.24) is 0 Å². The van der Waals surface area contributed by atoms with Crippen molar-refractivity contribution in [2.24, 2.45) is 23.7 Å². The smallest absolute Gasteiger partial charge is 0.311 e. The number of carbonyl (C=O) groups excluding carboxylic acids is 1. The minimum Gasteiger partial charge on any atom is -0.432 e. The molecule has 28 heavy (non-hydrogen) atoms. The zero-order chi connectivity index (χ0) is 19.4. The molecule has 5 nitrogen and oxygen atoms in total. The summed E-state index contributed by atoms with van der Waals surface area (Å²) < 4.78 is 12.1. The van der Waals surface area contributed by atoms with Crippen LogP contribution in [0.5, 0.6) is 0 Å². The number of hydrogen-bond donors (Lipinski definition) is 0. The first-order chi connectivity index (χ1) is 13.5. The highest BCUT2D eigenvalue weighted by Gasteiger charge is 2.70. The molecule has 6 rings (SSSR count). The summed E-state index contributed by atoms with van der Waals surface area (Å²) in [6, 6.07) is 10.4. The van der Waals surface area contributed by atoms with Gasteiger partial charge in [0.15, 0.2) is 5.60 Å². The molecule has 1 aliphatic carbocycles. The van der Waals surface area contributed by atoms with Crippen LogP contribution in [0.15, 0.2) is 30.3 Å². The van der Waals surface area contributed by atoms with Gasteiger partial charge in [-0.3, -0.25) is 4.79 Å². The van der Waals surface area contributed by atoms with Crippen molar-refractivity contribution in [2.45, 2.75) is 76.5 Å². The van der Waals surface area contributed by atoms with Crippen molar-refractivity contribution < 1.29 is 24.0 Å². The molecular formula is C23H30O5. The summed E-state index contributed by atoms with van der Waals surface area (Å²) in [6.07, 6.45) is 5.93. The average Bonchev–Trinajstić information content (AvgIpc) is 2.92. The van der Waals surface area contributed by atoms with Crippen molar-refractivity contribution >= 4 is 5.97 Å². The van der Waals surface area contributed by atoms with Gasteiger partial charge in [0.25, 0.3) is 0 Å². The molecule has 1 saturated carbocycles. The van der Waals surface area contributed by atoms with E-state index in [1.54, 1.807) is 0 Å². The Morgan fingerprint density at radius 3 is 2.71 bits per heavy atom. The maximum Gasteiger partial charge on any atom is 0.311 e. The van der Waals surface area contributed by atoms with E-state index < -0.39 is 17.7 Å². The molecule has 0 aromatic heterocycles. The Morgan fingerprint density at radius 1 is 1.07 bits per heavy atom. The molecule has 5 aliphatic rings. The summed E-state index contributed by atoms with van der Waals surface area (Å²) in [7, 11) is 0. The molecular weight excluding hydrogens is 356 g/mol. The van der Waals surface area contributed by atoms with Crippen LogP contribution in [0.25, 0.3) is 0 Å². The van der Waals surface area contributed by atoms with Gasteiger partial charge in [0.05, 0.1) is 5.92 Å². The Labute approximate surface area is 166 Å². The first-order valence-electron chi connectivity index (χ1n) is 10.8. The van der Waals surface area contributed by atoms with Gasteiger partial charge in [-0.05, 0) is 56.9 Å². The van der Waals surface area contributed by atoms with Gasteiger partial charge in [-0.25, -0.2) is 9.78 Å². The van der Waals surface area contributed by atoms with Gasteiger partial charge in [-0.15, -0.1) is 0 Å². The Kier molecular flexibility index (Phi) is 4.53. The van der Waals surface area contributed by atoms with E-state index in [4.69, 9.17) is 19.2 Å². The molecule has 7 atom stereocenters. The molecule has 4 aliphatic heterocycles. The molecule has 2 bridgehead atoms. The maximum atomic E-state index is 13.0. The Hall–Kier alpha value is -1.43. The lowest BCUT2D eigenvalue weighted by atomic mass is 9.57. The van der Waals surface area contributed by atoms with Crippen LogP contribution >= 0.6 is 0 Å². The molecule has 1 aromatic rings. The molecule has 5 fully saturated rings. The summed E-state index contributed by atoms with van der Waals surface area (Å²) in [4.78, 5) is 24.9. The number of ether oxygens (including phenoxy) is 2. The molecule has 5 heteroatoms. The van der Waals surface area contributed by atoms with Gasteiger partial charge in [0.1, 0.15) is 0 Å². The Balaban J connectivity index is 1.40. The fraction of sp³-hybridized carbons (Fsp3) is 0.696. The standard InChI is InChI=1S/C23H30O5/c1-15-11-12-19-17(10-6-9-16-7-4-3-5-8-16)20(24)25-21-23(19)18(15)13-14-22(2,26-21)27-28-23/h3-5,7-8,15,17-19,21H,6,9-14H2,1-2H3/t15-,17+,18+,19+,21-,22-,23-/m1/s1. The van der Waals surface area contributed by atoms with Crippen molar-refractivity contribution in [1.29, 1.82) is 0 Å². The van der Waals surface area contributed by atoms with Gasteiger partial charge in [-0.1, -0.05) is 37.3 Å². The third-order valence-electron chi connectivity index (χ3n) is 7.61. The molecule has 152 valence electrons.